The number of benzene rings is 1. The molecule has 0 aromatic heterocycles. The lowest BCUT2D eigenvalue weighted by atomic mass is 10.2. The summed E-state index contributed by atoms with van der Waals surface area (Å²) in [5, 5.41) is 11.4. The quantitative estimate of drug-likeness (QED) is 0.546. The molecule has 1 aromatic carbocycles. The summed E-state index contributed by atoms with van der Waals surface area (Å²) in [6.07, 6.45) is 3.32. The van der Waals surface area contributed by atoms with Crippen LogP contribution in [0.4, 0.5) is 5.69 Å². The van der Waals surface area contributed by atoms with Gasteiger partial charge in [-0.05, 0) is 18.2 Å². The van der Waals surface area contributed by atoms with Crippen molar-refractivity contribution in [2.45, 2.75) is 0 Å². The minimum absolute atomic E-state index is 0.501. The molecule has 0 spiro atoms. The van der Waals surface area contributed by atoms with Crippen LogP contribution < -0.4 is 5.32 Å². The minimum Gasteiger partial charge on any atom is -0.516 e. The van der Waals surface area contributed by atoms with E-state index in [1.165, 1.54) is 0 Å². The summed E-state index contributed by atoms with van der Waals surface area (Å²) in [5.41, 5.74) is 1.39. The summed E-state index contributed by atoms with van der Waals surface area (Å²) in [6.45, 7) is 0.501. The maximum atomic E-state index is 10.6. The summed E-state index contributed by atoms with van der Waals surface area (Å²) in [6, 6.07) is 7.20. The molecule has 0 heterocycles. The molecule has 0 atom stereocenters. The molecule has 2 N–H and O–H groups in total. The van der Waals surface area contributed by atoms with Crippen molar-refractivity contribution < 1.29 is 9.90 Å². The van der Waals surface area contributed by atoms with Gasteiger partial charge in [0.2, 0.25) is 0 Å². The Morgan fingerprint density at radius 3 is 2.85 bits per heavy atom. The van der Waals surface area contributed by atoms with Gasteiger partial charge >= 0.3 is 0 Å². The first-order chi connectivity index (χ1) is 6.38. The predicted octanol–water partition coefficient (Wildman–Crippen LogP) is 1.98. The number of nitrogens with one attached hydrogen (secondary N) is 1. The van der Waals surface area contributed by atoms with Crippen LogP contribution in [0.15, 0.2) is 36.6 Å². The topological polar surface area (TPSA) is 49.3 Å². The van der Waals surface area contributed by atoms with Crippen LogP contribution in [0.3, 0.4) is 0 Å². The Hall–Kier alpha value is -1.77. The lowest BCUT2D eigenvalue weighted by Crippen LogP contribution is -2.00. The monoisotopic (exact) mass is 177 g/mol. The van der Waals surface area contributed by atoms with Crippen LogP contribution in [0, 0.1) is 0 Å². The second-order valence-corrected chi connectivity index (χ2v) is 2.47. The van der Waals surface area contributed by atoms with Gasteiger partial charge in [0.05, 0.1) is 6.26 Å². The van der Waals surface area contributed by atoms with Crippen molar-refractivity contribution in [2.24, 2.45) is 0 Å². The first-order valence-electron chi connectivity index (χ1n) is 3.96. The van der Waals surface area contributed by atoms with Crippen molar-refractivity contribution in [3.63, 3.8) is 0 Å². The molecule has 1 rings (SSSR count). The van der Waals surface area contributed by atoms with Gasteiger partial charge in [-0.3, -0.25) is 4.79 Å². The van der Waals surface area contributed by atoms with Gasteiger partial charge in [-0.1, -0.05) is 12.1 Å². The molecule has 0 bridgehead atoms. The van der Waals surface area contributed by atoms with Gasteiger partial charge in [-0.15, -0.1) is 0 Å². The Bertz CT molecular complexity index is 308. The number of para-hydroxylation sites is 1. The van der Waals surface area contributed by atoms with Crippen molar-refractivity contribution in [3.8, 4) is 0 Å². The molecule has 0 saturated carbocycles. The number of rotatable bonds is 4. The van der Waals surface area contributed by atoms with E-state index in [1.807, 2.05) is 12.1 Å². The van der Waals surface area contributed by atoms with Crippen LogP contribution in [0.1, 0.15) is 10.4 Å². The van der Waals surface area contributed by atoms with Gasteiger partial charge in [0, 0.05) is 17.8 Å². The average molecular weight is 177 g/mol. The largest absolute Gasteiger partial charge is 0.516 e. The number of aliphatic hydroxyl groups excluding tert-OH is 1. The van der Waals surface area contributed by atoms with Crippen molar-refractivity contribution in [3.05, 3.63) is 42.2 Å². The van der Waals surface area contributed by atoms with Gasteiger partial charge in [0.1, 0.15) is 0 Å². The number of aldehydes is 1. The molecule has 0 radical (unpaired) electrons. The predicted molar refractivity (Wildman–Crippen MR) is 52.1 cm³/mol. The van der Waals surface area contributed by atoms with E-state index in [1.54, 1.807) is 18.2 Å². The Kier molecular flexibility index (Phi) is 3.57. The van der Waals surface area contributed by atoms with E-state index in [2.05, 4.69) is 5.32 Å². The van der Waals surface area contributed by atoms with Crippen LogP contribution in [-0.2, 0) is 0 Å². The molecular weight excluding hydrogens is 166 g/mol. The van der Waals surface area contributed by atoms with Crippen molar-refractivity contribution in [1.82, 2.24) is 0 Å². The fourth-order valence-electron chi connectivity index (χ4n) is 0.982. The zero-order chi connectivity index (χ0) is 9.52. The van der Waals surface area contributed by atoms with Crippen LogP contribution >= 0.6 is 0 Å². The summed E-state index contributed by atoms with van der Waals surface area (Å²) >= 11 is 0. The average Bonchev–Trinajstić information content (AvgIpc) is 2.19. The van der Waals surface area contributed by atoms with Crippen LogP contribution in [-0.4, -0.2) is 17.9 Å². The molecule has 0 aliphatic heterocycles. The second kappa shape index (κ2) is 4.98. The van der Waals surface area contributed by atoms with Crippen molar-refractivity contribution in [2.75, 3.05) is 11.9 Å². The number of anilines is 1. The van der Waals surface area contributed by atoms with Gasteiger partial charge in [-0.25, -0.2) is 0 Å². The zero-order valence-corrected chi connectivity index (χ0v) is 7.10. The fraction of sp³-hybridized carbons (Fsp3) is 0.100. The van der Waals surface area contributed by atoms with Gasteiger partial charge in [0.25, 0.3) is 0 Å². The highest BCUT2D eigenvalue weighted by Crippen LogP contribution is 2.11. The van der Waals surface area contributed by atoms with E-state index >= 15 is 0 Å². The SMILES string of the molecule is O=Cc1ccccc1NCC=CO. The third-order valence-electron chi connectivity index (χ3n) is 1.60. The van der Waals surface area contributed by atoms with Crippen molar-refractivity contribution >= 4 is 12.0 Å². The maximum Gasteiger partial charge on any atom is 0.152 e. The molecule has 0 fully saturated rings. The van der Waals surface area contributed by atoms with Crippen LogP contribution in [0.2, 0.25) is 0 Å². The molecule has 3 heteroatoms. The van der Waals surface area contributed by atoms with Gasteiger partial charge < -0.3 is 10.4 Å². The standard InChI is InChI=1S/C10H11NO2/c12-7-3-6-11-10-5-2-1-4-9(10)8-13/h1-5,7-8,11-12H,6H2. The highest BCUT2D eigenvalue weighted by Gasteiger charge is 1.96. The van der Waals surface area contributed by atoms with E-state index in [-0.39, 0.29) is 0 Å². The molecule has 0 saturated heterocycles. The molecular formula is C10H11NO2. The summed E-state index contributed by atoms with van der Waals surface area (Å²) in [5.74, 6) is 0. The molecule has 68 valence electrons. The molecule has 13 heavy (non-hydrogen) atoms. The van der Waals surface area contributed by atoms with E-state index in [9.17, 15) is 4.79 Å². The fourth-order valence-corrected chi connectivity index (χ4v) is 0.982. The third-order valence-corrected chi connectivity index (χ3v) is 1.60. The molecule has 1 aromatic rings. The smallest absolute Gasteiger partial charge is 0.152 e. The summed E-state index contributed by atoms with van der Waals surface area (Å²) in [4.78, 5) is 10.6. The maximum absolute atomic E-state index is 10.6. The Morgan fingerprint density at radius 2 is 2.15 bits per heavy atom. The van der Waals surface area contributed by atoms with E-state index < -0.39 is 0 Å². The first-order valence-corrected chi connectivity index (χ1v) is 3.96. The molecule has 3 nitrogen and oxygen atoms in total. The third kappa shape index (κ3) is 2.63. The highest BCUT2D eigenvalue weighted by molar-refractivity contribution is 5.84. The highest BCUT2D eigenvalue weighted by atomic mass is 16.2. The summed E-state index contributed by atoms with van der Waals surface area (Å²) < 4.78 is 0. The number of carbonyl (C=O) groups excluding carboxylic acids is 1. The molecule has 0 amide bonds. The lowest BCUT2D eigenvalue weighted by molar-refractivity contribution is 0.112. The second-order valence-electron chi connectivity index (χ2n) is 2.47. The Labute approximate surface area is 76.7 Å². The zero-order valence-electron chi connectivity index (χ0n) is 7.10. The number of aliphatic hydroxyl groups is 1. The van der Waals surface area contributed by atoms with Crippen molar-refractivity contribution in [1.29, 1.82) is 0 Å². The number of hydrogen-bond acceptors (Lipinski definition) is 3. The van der Waals surface area contributed by atoms with E-state index in [0.717, 1.165) is 18.2 Å². The molecule has 0 unspecified atom stereocenters. The Balaban J connectivity index is 2.69. The van der Waals surface area contributed by atoms with Crippen LogP contribution in [0.5, 0.6) is 0 Å². The Morgan fingerprint density at radius 1 is 1.38 bits per heavy atom. The normalized spacial score (nSPS) is 10.2. The summed E-state index contributed by atoms with van der Waals surface area (Å²) in [7, 11) is 0. The number of hydrogen-bond donors (Lipinski definition) is 2. The van der Waals surface area contributed by atoms with Crippen LogP contribution in [0.25, 0.3) is 0 Å². The van der Waals surface area contributed by atoms with Gasteiger partial charge in [-0.2, -0.15) is 0 Å². The number of carbonyl (C=O) groups is 1. The first kappa shape index (κ1) is 9.32. The molecule has 0 aliphatic carbocycles. The van der Waals surface area contributed by atoms with Gasteiger partial charge in [0.15, 0.2) is 6.29 Å². The molecule has 0 aliphatic rings. The van der Waals surface area contributed by atoms with E-state index in [0.29, 0.717) is 12.1 Å². The lowest BCUT2D eigenvalue weighted by Gasteiger charge is -2.04. The minimum atomic E-state index is 0.501. The van der Waals surface area contributed by atoms with E-state index in [4.69, 9.17) is 5.11 Å².